The zero-order valence-corrected chi connectivity index (χ0v) is 11.9. The first-order valence-corrected chi connectivity index (χ1v) is 7.37. The van der Waals surface area contributed by atoms with Crippen LogP contribution in [0.2, 0.25) is 0 Å². The van der Waals surface area contributed by atoms with Crippen LogP contribution in [0.1, 0.15) is 38.5 Å². The molecule has 3 nitrogen and oxygen atoms in total. The van der Waals surface area contributed by atoms with Gasteiger partial charge in [-0.2, -0.15) is 0 Å². The molecule has 1 aliphatic rings. The van der Waals surface area contributed by atoms with Crippen LogP contribution in [0.15, 0.2) is 0 Å². The quantitative estimate of drug-likeness (QED) is 0.697. The summed E-state index contributed by atoms with van der Waals surface area (Å²) < 4.78 is 0. The van der Waals surface area contributed by atoms with Crippen molar-refractivity contribution in [3.8, 4) is 0 Å². The van der Waals surface area contributed by atoms with Crippen LogP contribution in [0.3, 0.4) is 0 Å². The SMILES string of the molecule is CN1CCCCCNCCCN(C)CCCC1. The summed E-state index contributed by atoms with van der Waals surface area (Å²) in [5.74, 6) is 0. The van der Waals surface area contributed by atoms with Gasteiger partial charge in [0.25, 0.3) is 0 Å². The maximum Gasteiger partial charge on any atom is -0.000969 e. The van der Waals surface area contributed by atoms with Crippen LogP contribution in [0, 0.1) is 0 Å². The second kappa shape index (κ2) is 9.86. The van der Waals surface area contributed by atoms with Crippen molar-refractivity contribution in [2.45, 2.75) is 38.5 Å². The minimum atomic E-state index is 1.18. The van der Waals surface area contributed by atoms with E-state index >= 15 is 0 Å². The molecule has 102 valence electrons. The molecule has 0 radical (unpaired) electrons. The summed E-state index contributed by atoms with van der Waals surface area (Å²) in [6.45, 7) is 7.43. The minimum Gasteiger partial charge on any atom is -0.317 e. The molecule has 0 aliphatic carbocycles. The summed E-state index contributed by atoms with van der Waals surface area (Å²) in [4.78, 5) is 4.97. The Morgan fingerprint density at radius 1 is 0.588 bits per heavy atom. The third kappa shape index (κ3) is 8.58. The van der Waals surface area contributed by atoms with Gasteiger partial charge in [-0.05, 0) is 85.5 Å². The lowest BCUT2D eigenvalue weighted by Gasteiger charge is -2.18. The van der Waals surface area contributed by atoms with Gasteiger partial charge < -0.3 is 15.1 Å². The van der Waals surface area contributed by atoms with Crippen molar-refractivity contribution in [2.75, 3.05) is 53.4 Å². The summed E-state index contributed by atoms with van der Waals surface area (Å²) >= 11 is 0. The lowest BCUT2D eigenvalue weighted by Crippen LogP contribution is -2.26. The van der Waals surface area contributed by atoms with Crippen LogP contribution < -0.4 is 5.32 Å². The molecule has 1 heterocycles. The van der Waals surface area contributed by atoms with Crippen molar-refractivity contribution >= 4 is 0 Å². The molecule has 17 heavy (non-hydrogen) atoms. The van der Waals surface area contributed by atoms with E-state index in [4.69, 9.17) is 0 Å². The van der Waals surface area contributed by atoms with Gasteiger partial charge in [0.1, 0.15) is 0 Å². The molecule has 1 aliphatic heterocycles. The molecule has 0 aromatic heterocycles. The third-order valence-corrected chi connectivity index (χ3v) is 3.62. The zero-order valence-electron chi connectivity index (χ0n) is 11.9. The van der Waals surface area contributed by atoms with E-state index in [1.807, 2.05) is 0 Å². The fraction of sp³-hybridized carbons (Fsp3) is 1.00. The smallest absolute Gasteiger partial charge is 0.000969 e. The van der Waals surface area contributed by atoms with Gasteiger partial charge in [-0.15, -0.1) is 0 Å². The van der Waals surface area contributed by atoms with Crippen LogP contribution >= 0.6 is 0 Å². The summed E-state index contributed by atoms with van der Waals surface area (Å²) in [5, 5.41) is 3.55. The molecule has 0 amide bonds. The molecule has 0 aromatic carbocycles. The van der Waals surface area contributed by atoms with Gasteiger partial charge in [0.2, 0.25) is 0 Å². The highest BCUT2D eigenvalue weighted by Crippen LogP contribution is 2.01. The highest BCUT2D eigenvalue weighted by molar-refractivity contribution is 4.59. The van der Waals surface area contributed by atoms with Crippen LogP contribution in [0.5, 0.6) is 0 Å². The first-order chi connectivity index (χ1) is 8.29. The molecular formula is C14H31N3. The Morgan fingerprint density at radius 3 is 1.71 bits per heavy atom. The number of nitrogens with one attached hydrogen (secondary N) is 1. The maximum absolute atomic E-state index is 3.55. The molecule has 3 heteroatoms. The Balaban J connectivity index is 2.19. The van der Waals surface area contributed by atoms with Crippen molar-refractivity contribution in [1.82, 2.24) is 15.1 Å². The molecular weight excluding hydrogens is 210 g/mol. The highest BCUT2D eigenvalue weighted by atomic mass is 15.1. The van der Waals surface area contributed by atoms with Gasteiger partial charge in [0, 0.05) is 0 Å². The van der Waals surface area contributed by atoms with Gasteiger partial charge in [-0.3, -0.25) is 0 Å². The lowest BCUT2D eigenvalue weighted by atomic mass is 10.2. The van der Waals surface area contributed by atoms with Gasteiger partial charge in [0.15, 0.2) is 0 Å². The molecule has 0 spiro atoms. The number of hydrogen-bond acceptors (Lipinski definition) is 3. The fourth-order valence-electron chi connectivity index (χ4n) is 2.39. The van der Waals surface area contributed by atoms with Crippen molar-refractivity contribution in [3.05, 3.63) is 0 Å². The molecule has 0 bridgehead atoms. The zero-order chi connectivity index (χ0) is 12.3. The third-order valence-electron chi connectivity index (χ3n) is 3.62. The van der Waals surface area contributed by atoms with E-state index in [9.17, 15) is 0 Å². The summed E-state index contributed by atoms with van der Waals surface area (Å²) in [6, 6.07) is 0. The Bertz CT molecular complexity index is 155. The molecule has 1 fully saturated rings. The second-order valence-electron chi connectivity index (χ2n) is 5.48. The first kappa shape index (κ1) is 14.9. The number of nitrogens with zero attached hydrogens (tertiary/aromatic N) is 2. The Kier molecular flexibility index (Phi) is 8.67. The normalized spacial score (nSPS) is 25.1. The monoisotopic (exact) mass is 241 g/mol. The predicted octanol–water partition coefficient (Wildman–Crippen LogP) is 1.79. The molecule has 1 N–H and O–H groups in total. The average molecular weight is 241 g/mol. The van der Waals surface area contributed by atoms with Crippen LogP contribution in [-0.4, -0.2) is 63.2 Å². The van der Waals surface area contributed by atoms with E-state index in [0.717, 1.165) is 0 Å². The summed E-state index contributed by atoms with van der Waals surface area (Å²) in [6.07, 6.45) is 8.04. The molecule has 0 aromatic rings. The molecule has 0 saturated carbocycles. The summed E-state index contributed by atoms with van der Waals surface area (Å²) in [7, 11) is 4.52. The van der Waals surface area contributed by atoms with E-state index in [1.165, 1.54) is 77.8 Å². The Labute approximate surface area is 108 Å². The van der Waals surface area contributed by atoms with Crippen molar-refractivity contribution in [2.24, 2.45) is 0 Å². The van der Waals surface area contributed by atoms with E-state index in [0.29, 0.717) is 0 Å². The van der Waals surface area contributed by atoms with Gasteiger partial charge in [-0.25, -0.2) is 0 Å². The topological polar surface area (TPSA) is 18.5 Å². The average Bonchev–Trinajstić information content (AvgIpc) is 2.32. The second-order valence-corrected chi connectivity index (χ2v) is 5.48. The molecule has 1 saturated heterocycles. The van der Waals surface area contributed by atoms with Crippen molar-refractivity contribution in [1.29, 1.82) is 0 Å². The minimum absolute atomic E-state index is 1.18. The number of rotatable bonds is 0. The van der Waals surface area contributed by atoms with Crippen LogP contribution in [0.25, 0.3) is 0 Å². The van der Waals surface area contributed by atoms with E-state index < -0.39 is 0 Å². The molecule has 0 unspecified atom stereocenters. The van der Waals surface area contributed by atoms with Crippen LogP contribution in [-0.2, 0) is 0 Å². The standard InChI is InChI=1S/C14H31N3/c1-16-11-5-3-4-9-15-10-8-14-17(2)13-7-6-12-16/h15H,3-14H2,1-2H3. The maximum atomic E-state index is 3.55. The molecule has 1 rings (SSSR count). The number of hydrogen-bond donors (Lipinski definition) is 1. The summed E-state index contributed by atoms with van der Waals surface area (Å²) in [5.41, 5.74) is 0. The highest BCUT2D eigenvalue weighted by Gasteiger charge is 2.02. The van der Waals surface area contributed by atoms with Crippen molar-refractivity contribution < 1.29 is 0 Å². The van der Waals surface area contributed by atoms with Gasteiger partial charge >= 0.3 is 0 Å². The predicted molar refractivity (Wildman–Crippen MR) is 75.6 cm³/mol. The lowest BCUT2D eigenvalue weighted by molar-refractivity contribution is 0.289. The van der Waals surface area contributed by atoms with Crippen LogP contribution in [0.4, 0.5) is 0 Å². The first-order valence-electron chi connectivity index (χ1n) is 7.37. The fourth-order valence-corrected chi connectivity index (χ4v) is 2.39. The Morgan fingerprint density at radius 2 is 1.06 bits per heavy atom. The van der Waals surface area contributed by atoms with E-state index in [-0.39, 0.29) is 0 Å². The molecule has 0 atom stereocenters. The largest absolute Gasteiger partial charge is 0.317 e. The van der Waals surface area contributed by atoms with E-state index in [2.05, 4.69) is 29.2 Å². The Hall–Kier alpha value is -0.120. The van der Waals surface area contributed by atoms with E-state index in [1.54, 1.807) is 0 Å². The van der Waals surface area contributed by atoms with Crippen molar-refractivity contribution in [3.63, 3.8) is 0 Å². The van der Waals surface area contributed by atoms with Gasteiger partial charge in [0.05, 0.1) is 0 Å². The van der Waals surface area contributed by atoms with Gasteiger partial charge in [-0.1, -0.05) is 6.42 Å².